The average Bonchev–Trinajstić information content (AvgIpc) is 2.52. The van der Waals surface area contributed by atoms with Crippen molar-refractivity contribution in [3.63, 3.8) is 0 Å². The Hall–Kier alpha value is -0.580. The van der Waals surface area contributed by atoms with E-state index >= 15 is 0 Å². The maximum Gasteiger partial charge on any atom is 0.0460 e. The lowest BCUT2D eigenvalue weighted by Crippen LogP contribution is -2.34. The number of anilines is 1. The summed E-state index contributed by atoms with van der Waals surface area (Å²) in [5.41, 5.74) is 2.60. The maximum absolute atomic E-state index is 9.23. The third-order valence-corrected chi connectivity index (χ3v) is 5.08. The van der Waals surface area contributed by atoms with Gasteiger partial charge in [-0.15, -0.1) is 0 Å². The number of hydrogen-bond acceptors (Lipinski definition) is 3. The molecular weight excluding hydrogens is 328 g/mol. The molecule has 0 spiro atoms. The van der Waals surface area contributed by atoms with Crippen molar-refractivity contribution in [2.24, 2.45) is 5.92 Å². The van der Waals surface area contributed by atoms with Crippen LogP contribution in [0.15, 0.2) is 22.7 Å². The van der Waals surface area contributed by atoms with E-state index < -0.39 is 0 Å². The summed E-state index contributed by atoms with van der Waals surface area (Å²) in [6.07, 6.45) is 3.33. The fourth-order valence-corrected chi connectivity index (χ4v) is 3.62. The van der Waals surface area contributed by atoms with Crippen molar-refractivity contribution < 1.29 is 5.11 Å². The number of aliphatic hydroxyl groups excluding tert-OH is 1. The molecule has 1 saturated heterocycles. The molecule has 0 amide bonds. The molecule has 2 N–H and O–H groups in total. The second kappa shape index (κ2) is 8.16. The quantitative estimate of drug-likeness (QED) is 0.817. The summed E-state index contributed by atoms with van der Waals surface area (Å²) in [5, 5.41) is 12.8. The Balaban J connectivity index is 2.02. The second-order valence-electron chi connectivity index (χ2n) is 5.99. The van der Waals surface area contributed by atoms with Crippen LogP contribution in [0.25, 0.3) is 0 Å². The van der Waals surface area contributed by atoms with Crippen LogP contribution in [-0.4, -0.2) is 31.3 Å². The summed E-state index contributed by atoms with van der Waals surface area (Å²) < 4.78 is 1.18. The van der Waals surface area contributed by atoms with Crippen LogP contribution >= 0.6 is 15.9 Å². The Labute approximate surface area is 136 Å². The van der Waals surface area contributed by atoms with E-state index in [1.807, 2.05) is 0 Å². The fraction of sp³-hybridized carbons (Fsp3) is 0.647. The van der Waals surface area contributed by atoms with E-state index in [0.29, 0.717) is 18.6 Å². The van der Waals surface area contributed by atoms with Crippen molar-refractivity contribution in [3.05, 3.63) is 28.2 Å². The van der Waals surface area contributed by atoms with Gasteiger partial charge in [0.1, 0.15) is 0 Å². The first-order valence-corrected chi connectivity index (χ1v) is 8.83. The van der Waals surface area contributed by atoms with Gasteiger partial charge < -0.3 is 15.3 Å². The van der Waals surface area contributed by atoms with Crippen molar-refractivity contribution in [1.82, 2.24) is 5.32 Å². The van der Waals surface area contributed by atoms with Gasteiger partial charge in [-0.2, -0.15) is 0 Å². The van der Waals surface area contributed by atoms with Crippen molar-refractivity contribution >= 4 is 21.6 Å². The largest absolute Gasteiger partial charge is 0.396 e. The zero-order chi connectivity index (χ0) is 15.2. The molecule has 0 aliphatic carbocycles. The van der Waals surface area contributed by atoms with Crippen molar-refractivity contribution in [3.8, 4) is 0 Å². The first kappa shape index (κ1) is 16.8. The molecule has 1 unspecified atom stereocenters. The molecular formula is C17H27BrN2O. The van der Waals surface area contributed by atoms with Gasteiger partial charge in [0.05, 0.1) is 0 Å². The van der Waals surface area contributed by atoms with Gasteiger partial charge in [-0.05, 0) is 56.3 Å². The predicted molar refractivity (Wildman–Crippen MR) is 92.9 cm³/mol. The summed E-state index contributed by atoms with van der Waals surface area (Å²) in [4.78, 5) is 2.42. The molecule has 118 valence electrons. The van der Waals surface area contributed by atoms with E-state index in [4.69, 9.17) is 0 Å². The number of hydrogen-bond donors (Lipinski definition) is 2. The molecule has 21 heavy (non-hydrogen) atoms. The highest BCUT2D eigenvalue weighted by atomic mass is 79.9. The summed E-state index contributed by atoms with van der Waals surface area (Å²) in [5.74, 6) is 0.488. The number of piperidine rings is 1. The van der Waals surface area contributed by atoms with E-state index in [1.165, 1.54) is 15.7 Å². The van der Waals surface area contributed by atoms with Crippen LogP contribution in [0.2, 0.25) is 0 Å². The number of halogens is 1. The minimum Gasteiger partial charge on any atom is -0.396 e. The molecule has 1 fully saturated rings. The number of rotatable bonds is 6. The molecule has 1 aliphatic rings. The molecule has 2 rings (SSSR count). The Morgan fingerprint density at radius 1 is 1.38 bits per heavy atom. The minimum atomic E-state index is 0.330. The van der Waals surface area contributed by atoms with Crippen molar-refractivity contribution in [2.75, 3.05) is 31.1 Å². The fourth-order valence-electron chi connectivity index (χ4n) is 2.91. The summed E-state index contributed by atoms with van der Waals surface area (Å²) in [6.45, 7) is 7.86. The molecule has 0 saturated carbocycles. The van der Waals surface area contributed by atoms with Crippen molar-refractivity contribution in [2.45, 2.75) is 39.2 Å². The summed E-state index contributed by atoms with van der Waals surface area (Å²) in [7, 11) is 0. The maximum atomic E-state index is 9.23. The number of nitrogens with one attached hydrogen (secondary N) is 1. The molecule has 1 atom stereocenters. The lowest BCUT2D eigenvalue weighted by molar-refractivity contribution is 0.203. The highest BCUT2D eigenvalue weighted by Gasteiger charge is 2.19. The minimum absolute atomic E-state index is 0.330. The Morgan fingerprint density at radius 2 is 2.10 bits per heavy atom. The summed E-state index contributed by atoms with van der Waals surface area (Å²) >= 11 is 3.73. The number of benzene rings is 1. The van der Waals surface area contributed by atoms with Crippen LogP contribution in [0.5, 0.6) is 0 Å². The second-order valence-corrected chi connectivity index (χ2v) is 6.85. The first-order chi connectivity index (χ1) is 10.2. The molecule has 3 nitrogen and oxygen atoms in total. The Morgan fingerprint density at radius 3 is 2.67 bits per heavy atom. The molecule has 1 aromatic rings. The van der Waals surface area contributed by atoms with Gasteiger partial charge in [0, 0.05) is 35.9 Å². The van der Waals surface area contributed by atoms with Crippen LogP contribution in [0.4, 0.5) is 5.69 Å². The van der Waals surface area contributed by atoms with Gasteiger partial charge in [0.2, 0.25) is 0 Å². The highest BCUT2D eigenvalue weighted by molar-refractivity contribution is 9.10. The van der Waals surface area contributed by atoms with Crippen LogP contribution in [-0.2, 0) is 0 Å². The molecule has 0 aromatic heterocycles. The van der Waals surface area contributed by atoms with E-state index in [9.17, 15) is 5.11 Å². The standard InChI is InChI=1S/C17H27BrN2O/c1-3-8-19-13(2)16-5-4-15(11-17(16)18)20-9-6-14(12-21)7-10-20/h4-5,11,13-14,19,21H,3,6-10,12H2,1-2H3. The normalized spacial score (nSPS) is 18.0. The number of aliphatic hydroxyl groups is 1. The van der Waals surface area contributed by atoms with Gasteiger partial charge >= 0.3 is 0 Å². The van der Waals surface area contributed by atoms with E-state index in [0.717, 1.165) is 38.9 Å². The van der Waals surface area contributed by atoms with Gasteiger partial charge in [0.25, 0.3) is 0 Å². The summed E-state index contributed by atoms with van der Waals surface area (Å²) in [6, 6.07) is 7.06. The average molecular weight is 355 g/mol. The highest BCUT2D eigenvalue weighted by Crippen LogP contribution is 2.30. The van der Waals surface area contributed by atoms with E-state index in [2.05, 4.69) is 58.2 Å². The zero-order valence-corrected chi connectivity index (χ0v) is 14.7. The molecule has 1 aliphatic heterocycles. The molecule has 1 aromatic carbocycles. The van der Waals surface area contributed by atoms with E-state index in [1.54, 1.807) is 0 Å². The monoisotopic (exact) mass is 354 g/mol. The van der Waals surface area contributed by atoms with Crippen molar-refractivity contribution in [1.29, 1.82) is 0 Å². The van der Waals surface area contributed by atoms with Crippen LogP contribution in [0, 0.1) is 5.92 Å². The third-order valence-electron chi connectivity index (χ3n) is 4.39. The molecule has 1 heterocycles. The van der Waals surface area contributed by atoms with Crippen LogP contribution in [0.1, 0.15) is 44.7 Å². The van der Waals surface area contributed by atoms with E-state index in [-0.39, 0.29) is 0 Å². The van der Waals surface area contributed by atoms with Gasteiger partial charge in [-0.25, -0.2) is 0 Å². The SMILES string of the molecule is CCCNC(C)c1ccc(N2CCC(CO)CC2)cc1Br. The third kappa shape index (κ3) is 4.44. The molecule has 4 heteroatoms. The van der Waals surface area contributed by atoms with Crippen LogP contribution in [0.3, 0.4) is 0 Å². The first-order valence-electron chi connectivity index (χ1n) is 8.04. The Bertz CT molecular complexity index is 444. The van der Waals surface area contributed by atoms with Gasteiger partial charge in [0.15, 0.2) is 0 Å². The van der Waals surface area contributed by atoms with Crippen LogP contribution < -0.4 is 10.2 Å². The predicted octanol–water partition coefficient (Wildman–Crippen LogP) is 3.72. The molecule has 0 bridgehead atoms. The number of nitrogens with zero attached hydrogens (tertiary/aromatic N) is 1. The topological polar surface area (TPSA) is 35.5 Å². The lowest BCUT2D eigenvalue weighted by atomic mass is 9.97. The smallest absolute Gasteiger partial charge is 0.0460 e. The molecule has 0 radical (unpaired) electrons. The van der Waals surface area contributed by atoms with Gasteiger partial charge in [-0.3, -0.25) is 0 Å². The van der Waals surface area contributed by atoms with Gasteiger partial charge in [-0.1, -0.05) is 28.9 Å². The lowest BCUT2D eigenvalue weighted by Gasteiger charge is -2.33. The Kier molecular flexibility index (Phi) is 6.52. The zero-order valence-electron chi connectivity index (χ0n) is 13.1.